The van der Waals surface area contributed by atoms with Crippen molar-refractivity contribution < 1.29 is 9.59 Å². The van der Waals surface area contributed by atoms with Crippen molar-refractivity contribution in [3.05, 3.63) is 75.8 Å². The molecule has 5 nitrogen and oxygen atoms in total. The molecule has 3 aromatic rings. The molecule has 1 aromatic heterocycles. The maximum absolute atomic E-state index is 12.9. The van der Waals surface area contributed by atoms with Crippen LogP contribution in [0.3, 0.4) is 0 Å². The first kappa shape index (κ1) is 21.6. The Morgan fingerprint density at radius 3 is 2.81 bits per heavy atom. The minimum atomic E-state index is -0.701. The predicted octanol–water partition coefficient (Wildman–Crippen LogP) is 4.77. The van der Waals surface area contributed by atoms with Gasteiger partial charge in [0.25, 0.3) is 5.91 Å². The van der Waals surface area contributed by atoms with Gasteiger partial charge >= 0.3 is 0 Å². The molecule has 2 heterocycles. The van der Waals surface area contributed by atoms with Crippen LogP contribution in [-0.2, 0) is 16.0 Å². The number of amides is 2. The van der Waals surface area contributed by atoms with Gasteiger partial charge in [0.05, 0.1) is 4.91 Å². The van der Waals surface area contributed by atoms with Gasteiger partial charge in [-0.3, -0.25) is 14.5 Å². The van der Waals surface area contributed by atoms with Crippen LogP contribution < -0.4 is 5.32 Å². The molecule has 4 rings (SSSR count). The predicted molar refractivity (Wildman–Crippen MR) is 131 cm³/mol. The number of nitrogens with zero attached hydrogens (tertiary/aromatic N) is 1. The first-order valence-electron chi connectivity index (χ1n) is 9.80. The van der Waals surface area contributed by atoms with Crippen molar-refractivity contribution >= 4 is 68.7 Å². The Kier molecular flexibility index (Phi) is 6.46. The topological polar surface area (TPSA) is 65.2 Å². The van der Waals surface area contributed by atoms with Gasteiger partial charge in [0.1, 0.15) is 10.4 Å². The highest BCUT2D eigenvalue weighted by Gasteiger charge is 2.38. The lowest BCUT2D eigenvalue weighted by Crippen LogP contribution is -2.47. The molecule has 0 spiro atoms. The summed E-state index contributed by atoms with van der Waals surface area (Å²) in [5, 5.41) is 4.62. The van der Waals surface area contributed by atoms with E-state index < -0.39 is 6.04 Å². The van der Waals surface area contributed by atoms with E-state index in [1.54, 1.807) is 19.1 Å². The number of para-hydroxylation sites is 1. The molecule has 2 N–H and O–H groups in total. The average molecular weight is 470 g/mol. The maximum atomic E-state index is 12.9. The summed E-state index contributed by atoms with van der Waals surface area (Å²) in [4.78, 5) is 30.7. The van der Waals surface area contributed by atoms with Gasteiger partial charge in [0, 0.05) is 28.7 Å². The number of halogens is 1. The number of thiocarbonyl (C=S) groups is 1. The standard InChI is InChI=1S/C23H20ClN3O2S2/c1-14(21(28)25-11-10-16-13-26-19-9-5-3-7-17(16)19)27-22(29)20(31-23(27)30)12-15-6-2-4-8-18(15)24/h2-9,12-14,26H,10-11H2,1H3,(H,25,28)/b20-12-. The summed E-state index contributed by atoms with van der Waals surface area (Å²) in [7, 11) is 0. The Balaban J connectivity index is 1.39. The highest BCUT2D eigenvalue weighted by atomic mass is 35.5. The van der Waals surface area contributed by atoms with Gasteiger partial charge < -0.3 is 10.3 Å². The number of thioether (sulfide) groups is 1. The Morgan fingerprint density at radius 2 is 2.00 bits per heavy atom. The summed E-state index contributed by atoms with van der Waals surface area (Å²) in [5.41, 5.74) is 2.94. The van der Waals surface area contributed by atoms with Crippen LogP contribution >= 0.6 is 35.6 Å². The summed E-state index contributed by atoms with van der Waals surface area (Å²) in [6, 6.07) is 14.6. The summed E-state index contributed by atoms with van der Waals surface area (Å²) < 4.78 is 0.364. The van der Waals surface area contributed by atoms with E-state index in [2.05, 4.69) is 16.4 Å². The van der Waals surface area contributed by atoms with E-state index in [9.17, 15) is 9.59 Å². The fourth-order valence-electron chi connectivity index (χ4n) is 3.47. The fourth-order valence-corrected chi connectivity index (χ4v) is 5.07. The number of fused-ring (bicyclic) bond motifs is 1. The smallest absolute Gasteiger partial charge is 0.266 e. The molecule has 31 heavy (non-hydrogen) atoms. The largest absolute Gasteiger partial charge is 0.361 e. The molecule has 1 atom stereocenters. The van der Waals surface area contributed by atoms with E-state index >= 15 is 0 Å². The molecule has 0 bridgehead atoms. The van der Waals surface area contributed by atoms with Gasteiger partial charge in [-0.15, -0.1) is 0 Å². The number of rotatable bonds is 6. The monoisotopic (exact) mass is 469 g/mol. The van der Waals surface area contributed by atoms with Gasteiger partial charge in [-0.2, -0.15) is 0 Å². The van der Waals surface area contributed by atoms with Crippen LogP contribution in [0.1, 0.15) is 18.1 Å². The Bertz CT molecular complexity index is 1200. The first-order chi connectivity index (χ1) is 15.0. The molecule has 1 aliphatic rings. The van der Waals surface area contributed by atoms with Crippen molar-refractivity contribution in [3.63, 3.8) is 0 Å². The van der Waals surface area contributed by atoms with Gasteiger partial charge in [-0.25, -0.2) is 0 Å². The zero-order chi connectivity index (χ0) is 22.0. The van der Waals surface area contributed by atoms with Crippen molar-refractivity contribution in [2.45, 2.75) is 19.4 Å². The molecule has 2 aromatic carbocycles. The Labute approximate surface area is 194 Å². The summed E-state index contributed by atoms with van der Waals surface area (Å²) in [5.74, 6) is -0.524. The second-order valence-corrected chi connectivity index (χ2v) is 9.23. The summed E-state index contributed by atoms with van der Waals surface area (Å²) in [6.07, 6.45) is 4.36. The van der Waals surface area contributed by atoms with Crippen LogP contribution in [0.4, 0.5) is 0 Å². The number of hydrogen-bond donors (Lipinski definition) is 2. The normalized spacial score (nSPS) is 16.3. The summed E-state index contributed by atoms with van der Waals surface area (Å²) in [6.45, 7) is 2.15. The maximum Gasteiger partial charge on any atom is 0.266 e. The van der Waals surface area contributed by atoms with E-state index in [1.807, 2.05) is 42.6 Å². The third-order valence-corrected chi connectivity index (χ3v) is 6.83. The minimum absolute atomic E-state index is 0.241. The van der Waals surface area contributed by atoms with Crippen molar-refractivity contribution in [2.24, 2.45) is 0 Å². The third-order valence-electron chi connectivity index (χ3n) is 5.15. The molecular weight excluding hydrogens is 450 g/mol. The molecule has 2 amide bonds. The number of carbonyl (C=O) groups is 2. The molecule has 1 aliphatic heterocycles. The fraction of sp³-hybridized carbons (Fsp3) is 0.174. The van der Waals surface area contributed by atoms with E-state index in [0.29, 0.717) is 27.2 Å². The van der Waals surface area contributed by atoms with Crippen molar-refractivity contribution in [3.8, 4) is 0 Å². The number of aromatic nitrogens is 1. The van der Waals surface area contributed by atoms with Crippen LogP contribution in [0.5, 0.6) is 0 Å². The SMILES string of the molecule is CC(C(=O)NCCc1c[nH]c2ccccc12)N1C(=O)/C(=C/c2ccccc2Cl)SC1=S. The quantitative estimate of drug-likeness (QED) is 0.403. The molecule has 1 saturated heterocycles. The molecule has 0 aliphatic carbocycles. The molecule has 8 heteroatoms. The number of aromatic amines is 1. The highest BCUT2D eigenvalue weighted by molar-refractivity contribution is 8.26. The molecule has 1 unspecified atom stereocenters. The number of carbonyl (C=O) groups excluding carboxylic acids is 2. The first-order valence-corrected chi connectivity index (χ1v) is 11.4. The second-order valence-electron chi connectivity index (χ2n) is 7.15. The zero-order valence-corrected chi connectivity index (χ0v) is 19.1. The number of H-pyrrole nitrogens is 1. The van der Waals surface area contributed by atoms with Crippen LogP contribution in [0, 0.1) is 0 Å². The summed E-state index contributed by atoms with van der Waals surface area (Å²) >= 11 is 12.8. The lowest BCUT2D eigenvalue weighted by molar-refractivity contribution is -0.132. The average Bonchev–Trinajstić information content (AvgIpc) is 3.29. The molecule has 0 saturated carbocycles. The Morgan fingerprint density at radius 1 is 1.26 bits per heavy atom. The van der Waals surface area contributed by atoms with E-state index in [1.165, 1.54) is 16.7 Å². The van der Waals surface area contributed by atoms with Gasteiger partial charge in [-0.05, 0) is 42.7 Å². The lowest BCUT2D eigenvalue weighted by atomic mass is 10.1. The third kappa shape index (κ3) is 4.54. The molecular formula is C23H20ClN3O2S2. The van der Waals surface area contributed by atoms with Crippen LogP contribution in [0.2, 0.25) is 5.02 Å². The number of hydrogen-bond acceptors (Lipinski definition) is 4. The molecule has 0 radical (unpaired) electrons. The molecule has 1 fully saturated rings. The van der Waals surface area contributed by atoms with Crippen LogP contribution in [0.15, 0.2) is 59.6 Å². The van der Waals surface area contributed by atoms with E-state index in [-0.39, 0.29) is 11.8 Å². The van der Waals surface area contributed by atoms with Crippen molar-refractivity contribution in [1.29, 1.82) is 0 Å². The van der Waals surface area contributed by atoms with Crippen LogP contribution in [0.25, 0.3) is 17.0 Å². The highest BCUT2D eigenvalue weighted by Crippen LogP contribution is 2.35. The second kappa shape index (κ2) is 9.26. The Hall–Kier alpha value is -2.61. The number of benzene rings is 2. The van der Waals surface area contributed by atoms with Crippen molar-refractivity contribution in [1.82, 2.24) is 15.2 Å². The van der Waals surface area contributed by atoms with E-state index in [4.69, 9.17) is 23.8 Å². The van der Waals surface area contributed by atoms with E-state index in [0.717, 1.165) is 22.0 Å². The van der Waals surface area contributed by atoms with Gasteiger partial charge in [0.15, 0.2) is 0 Å². The number of nitrogens with one attached hydrogen (secondary N) is 2. The van der Waals surface area contributed by atoms with Crippen LogP contribution in [-0.4, -0.2) is 38.6 Å². The van der Waals surface area contributed by atoms with Crippen molar-refractivity contribution in [2.75, 3.05) is 6.54 Å². The minimum Gasteiger partial charge on any atom is -0.361 e. The molecule has 158 valence electrons. The lowest BCUT2D eigenvalue weighted by Gasteiger charge is -2.22. The van der Waals surface area contributed by atoms with Gasteiger partial charge in [-0.1, -0.05) is 72.0 Å². The van der Waals surface area contributed by atoms with Gasteiger partial charge in [0.2, 0.25) is 5.91 Å². The zero-order valence-electron chi connectivity index (χ0n) is 16.7.